The Morgan fingerprint density at radius 1 is 1.00 bits per heavy atom. The molecular formula is C25H24FN3O. The second-order valence-corrected chi connectivity index (χ2v) is 8.13. The third kappa shape index (κ3) is 3.73. The van der Waals surface area contributed by atoms with E-state index in [0.717, 1.165) is 24.8 Å². The summed E-state index contributed by atoms with van der Waals surface area (Å²) in [6, 6.07) is 21.9. The maximum absolute atomic E-state index is 13.1. The molecule has 0 spiro atoms. The van der Waals surface area contributed by atoms with Crippen molar-refractivity contribution in [3.63, 3.8) is 0 Å². The summed E-state index contributed by atoms with van der Waals surface area (Å²) in [6.07, 6.45) is 3.07. The van der Waals surface area contributed by atoms with Crippen LogP contribution in [0.4, 0.5) is 4.39 Å². The minimum Gasteiger partial charge on any atom is -0.339 e. The predicted octanol–water partition coefficient (Wildman–Crippen LogP) is 6.02. The van der Waals surface area contributed by atoms with Gasteiger partial charge in [0.15, 0.2) is 0 Å². The fourth-order valence-electron chi connectivity index (χ4n) is 4.55. The molecule has 5 rings (SSSR count). The zero-order valence-corrected chi connectivity index (χ0v) is 16.9. The summed E-state index contributed by atoms with van der Waals surface area (Å²) in [4.78, 5) is 4.58. The molecule has 0 bridgehead atoms. The van der Waals surface area contributed by atoms with Gasteiger partial charge in [0.1, 0.15) is 5.82 Å². The molecule has 5 heteroatoms. The van der Waals surface area contributed by atoms with Gasteiger partial charge in [-0.2, -0.15) is 4.98 Å². The van der Waals surface area contributed by atoms with Crippen LogP contribution in [-0.2, 0) is 0 Å². The van der Waals surface area contributed by atoms with Crippen LogP contribution < -0.4 is 5.32 Å². The van der Waals surface area contributed by atoms with Gasteiger partial charge < -0.3 is 9.84 Å². The number of nitrogens with zero attached hydrogens (tertiary/aromatic N) is 2. The fraction of sp³-hybridized carbons (Fsp3) is 0.280. The van der Waals surface area contributed by atoms with Crippen LogP contribution in [0, 0.1) is 5.82 Å². The van der Waals surface area contributed by atoms with E-state index >= 15 is 0 Å². The van der Waals surface area contributed by atoms with Crippen LogP contribution in [0.15, 0.2) is 71.3 Å². The van der Waals surface area contributed by atoms with Gasteiger partial charge in [0, 0.05) is 23.6 Å². The average Bonchev–Trinajstić information content (AvgIpc) is 3.43. The van der Waals surface area contributed by atoms with E-state index in [1.807, 2.05) is 0 Å². The molecule has 1 aliphatic rings. The Labute approximate surface area is 175 Å². The topological polar surface area (TPSA) is 51.0 Å². The van der Waals surface area contributed by atoms with Gasteiger partial charge >= 0.3 is 0 Å². The van der Waals surface area contributed by atoms with Crippen LogP contribution in [0.3, 0.4) is 0 Å². The van der Waals surface area contributed by atoms with E-state index in [2.05, 4.69) is 64.8 Å². The van der Waals surface area contributed by atoms with E-state index in [9.17, 15) is 4.39 Å². The lowest BCUT2D eigenvalue weighted by atomic mass is 9.99. The highest BCUT2D eigenvalue weighted by atomic mass is 19.1. The van der Waals surface area contributed by atoms with Crippen molar-refractivity contribution in [2.45, 2.75) is 44.2 Å². The number of benzene rings is 3. The van der Waals surface area contributed by atoms with E-state index in [1.165, 1.54) is 28.5 Å². The molecule has 4 aromatic rings. The van der Waals surface area contributed by atoms with Crippen LogP contribution in [-0.4, -0.2) is 16.2 Å². The van der Waals surface area contributed by atoms with Crippen LogP contribution in [0.1, 0.15) is 49.6 Å². The summed E-state index contributed by atoms with van der Waals surface area (Å²) < 4.78 is 18.7. The van der Waals surface area contributed by atoms with Gasteiger partial charge in [0.05, 0.1) is 0 Å². The summed E-state index contributed by atoms with van der Waals surface area (Å²) in [5.74, 6) is 1.18. The predicted molar refractivity (Wildman–Crippen MR) is 116 cm³/mol. The first-order chi connectivity index (χ1) is 14.7. The second kappa shape index (κ2) is 8.00. The SMILES string of the molecule is C[C@@H](NC1CCC(c2nc(-c3ccc(F)cc3)no2)C1)c1cccc2ccccc12. The van der Waals surface area contributed by atoms with Crippen molar-refractivity contribution in [3.05, 3.63) is 84.0 Å². The molecule has 1 aromatic heterocycles. The minimum atomic E-state index is -0.271. The number of fused-ring (bicyclic) bond motifs is 1. The lowest BCUT2D eigenvalue weighted by Crippen LogP contribution is -2.29. The van der Waals surface area contributed by atoms with Crippen molar-refractivity contribution in [3.8, 4) is 11.4 Å². The van der Waals surface area contributed by atoms with Crippen molar-refractivity contribution in [2.75, 3.05) is 0 Å². The Hall–Kier alpha value is -3.05. The van der Waals surface area contributed by atoms with Crippen LogP contribution >= 0.6 is 0 Å². The summed E-state index contributed by atoms with van der Waals surface area (Å²) in [5.41, 5.74) is 2.09. The standard InChI is InChI=1S/C25H24FN3O/c1-16(22-8-4-6-17-5-2-3-7-23(17)22)27-21-14-11-19(15-21)25-28-24(29-30-25)18-9-12-20(26)13-10-18/h2-10,12-13,16,19,21,27H,11,14-15H2,1H3/t16-,19?,21?/m1/s1. The van der Waals surface area contributed by atoms with E-state index in [1.54, 1.807) is 12.1 Å². The highest BCUT2D eigenvalue weighted by Gasteiger charge is 2.31. The van der Waals surface area contributed by atoms with Crippen molar-refractivity contribution in [2.24, 2.45) is 0 Å². The molecule has 30 heavy (non-hydrogen) atoms. The zero-order valence-electron chi connectivity index (χ0n) is 16.9. The Morgan fingerprint density at radius 3 is 2.67 bits per heavy atom. The molecule has 0 aliphatic heterocycles. The molecule has 0 saturated heterocycles. The van der Waals surface area contributed by atoms with Gasteiger partial charge in [-0.3, -0.25) is 0 Å². The minimum absolute atomic E-state index is 0.254. The van der Waals surface area contributed by atoms with Gasteiger partial charge in [-0.25, -0.2) is 4.39 Å². The molecule has 3 atom stereocenters. The van der Waals surface area contributed by atoms with Gasteiger partial charge in [0.25, 0.3) is 0 Å². The Bertz CT molecular complexity index is 1150. The lowest BCUT2D eigenvalue weighted by molar-refractivity contribution is 0.350. The van der Waals surface area contributed by atoms with Crippen molar-refractivity contribution >= 4 is 10.8 Å². The number of aromatic nitrogens is 2. The number of hydrogen-bond donors (Lipinski definition) is 1. The van der Waals surface area contributed by atoms with Gasteiger partial charge in [0.2, 0.25) is 11.7 Å². The Balaban J connectivity index is 1.26. The van der Waals surface area contributed by atoms with Crippen molar-refractivity contribution < 1.29 is 8.91 Å². The van der Waals surface area contributed by atoms with Crippen molar-refractivity contribution in [1.29, 1.82) is 0 Å². The molecule has 3 aromatic carbocycles. The fourth-order valence-corrected chi connectivity index (χ4v) is 4.55. The number of halogens is 1. The zero-order chi connectivity index (χ0) is 20.5. The molecule has 4 nitrogen and oxygen atoms in total. The number of hydrogen-bond acceptors (Lipinski definition) is 4. The number of nitrogens with one attached hydrogen (secondary N) is 1. The van der Waals surface area contributed by atoms with Gasteiger partial charge in [-0.15, -0.1) is 0 Å². The first-order valence-electron chi connectivity index (χ1n) is 10.5. The van der Waals surface area contributed by atoms with Crippen LogP contribution in [0.2, 0.25) is 0 Å². The molecule has 1 fully saturated rings. The largest absolute Gasteiger partial charge is 0.339 e. The number of rotatable bonds is 5. The first kappa shape index (κ1) is 18.9. The highest BCUT2D eigenvalue weighted by Crippen LogP contribution is 2.36. The lowest BCUT2D eigenvalue weighted by Gasteiger charge is -2.21. The van der Waals surface area contributed by atoms with Crippen molar-refractivity contribution in [1.82, 2.24) is 15.5 Å². The average molecular weight is 401 g/mol. The molecule has 0 amide bonds. The maximum atomic E-state index is 13.1. The van der Waals surface area contributed by atoms with E-state index in [0.29, 0.717) is 17.8 Å². The molecular weight excluding hydrogens is 377 g/mol. The molecule has 152 valence electrons. The first-order valence-corrected chi connectivity index (χ1v) is 10.5. The molecule has 1 N–H and O–H groups in total. The Kier molecular flexibility index (Phi) is 5.05. The second-order valence-electron chi connectivity index (χ2n) is 8.13. The smallest absolute Gasteiger partial charge is 0.230 e. The third-order valence-electron chi connectivity index (χ3n) is 6.10. The highest BCUT2D eigenvalue weighted by molar-refractivity contribution is 5.86. The van der Waals surface area contributed by atoms with Gasteiger partial charge in [-0.05, 0) is 66.8 Å². The van der Waals surface area contributed by atoms with E-state index in [4.69, 9.17) is 4.52 Å². The third-order valence-corrected chi connectivity index (χ3v) is 6.10. The molecule has 1 aliphatic carbocycles. The van der Waals surface area contributed by atoms with E-state index in [-0.39, 0.29) is 17.8 Å². The summed E-state index contributed by atoms with van der Waals surface area (Å²) in [7, 11) is 0. The quantitative estimate of drug-likeness (QED) is 0.444. The summed E-state index contributed by atoms with van der Waals surface area (Å²) >= 11 is 0. The van der Waals surface area contributed by atoms with Gasteiger partial charge in [-0.1, -0.05) is 47.6 Å². The Morgan fingerprint density at radius 2 is 1.80 bits per heavy atom. The molecule has 1 saturated carbocycles. The normalized spacial score (nSPS) is 19.9. The van der Waals surface area contributed by atoms with Crippen LogP contribution in [0.25, 0.3) is 22.2 Å². The summed E-state index contributed by atoms with van der Waals surface area (Å²) in [6.45, 7) is 2.23. The molecule has 1 heterocycles. The van der Waals surface area contributed by atoms with E-state index < -0.39 is 0 Å². The monoisotopic (exact) mass is 401 g/mol. The maximum Gasteiger partial charge on any atom is 0.230 e. The summed E-state index contributed by atoms with van der Waals surface area (Å²) in [5, 5.41) is 10.5. The molecule has 2 unspecified atom stereocenters. The van der Waals surface area contributed by atoms with Crippen LogP contribution in [0.5, 0.6) is 0 Å². The molecule has 0 radical (unpaired) electrons.